The van der Waals surface area contributed by atoms with Gasteiger partial charge in [-0.25, -0.2) is 0 Å². The second kappa shape index (κ2) is 10.7. The topological polar surface area (TPSA) is 46.6 Å². The van der Waals surface area contributed by atoms with Crippen molar-refractivity contribution < 1.29 is 9.47 Å². The molecule has 0 unspecified atom stereocenters. The molecule has 3 aromatic rings. The third-order valence-electron chi connectivity index (χ3n) is 5.72. The Morgan fingerprint density at radius 1 is 1.12 bits per heavy atom. The molecule has 4 rings (SSSR count). The van der Waals surface area contributed by atoms with Crippen molar-refractivity contribution in [2.45, 2.75) is 32.4 Å². The van der Waals surface area contributed by atoms with E-state index in [0.717, 1.165) is 60.6 Å². The molecule has 1 fully saturated rings. The Morgan fingerprint density at radius 2 is 1.97 bits per heavy atom. The molecule has 0 saturated carbocycles. The van der Waals surface area contributed by atoms with E-state index < -0.39 is 0 Å². The van der Waals surface area contributed by atoms with Crippen LogP contribution in [-0.4, -0.2) is 42.2 Å². The first-order valence-electron chi connectivity index (χ1n) is 11.2. The van der Waals surface area contributed by atoms with Crippen LogP contribution in [-0.2, 0) is 6.54 Å². The van der Waals surface area contributed by atoms with Crippen LogP contribution in [0.2, 0.25) is 5.02 Å². The smallest absolute Gasteiger partial charge is 0.161 e. The minimum absolute atomic E-state index is 0.446. The predicted octanol–water partition coefficient (Wildman–Crippen LogP) is 5.93. The van der Waals surface area contributed by atoms with Crippen LogP contribution in [0.25, 0.3) is 10.9 Å². The fourth-order valence-corrected chi connectivity index (χ4v) is 4.31. The van der Waals surface area contributed by atoms with Gasteiger partial charge in [0.2, 0.25) is 0 Å². The van der Waals surface area contributed by atoms with E-state index in [1.54, 1.807) is 6.08 Å². The molecule has 0 radical (unpaired) electrons. The van der Waals surface area contributed by atoms with Crippen LogP contribution in [0.5, 0.6) is 11.5 Å². The van der Waals surface area contributed by atoms with Crippen LogP contribution in [0.3, 0.4) is 0 Å². The number of anilines is 1. The molecule has 1 aromatic heterocycles. The number of piperidine rings is 1. The Hall–Kier alpha value is -2.76. The first-order chi connectivity index (χ1) is 15.7. The predicted molar refractivity (Wildman–Crippen MR) is 132 cm³/mol. The molecule has 1 aliphatic rings. The van der Waals surface area contributed by atoms with E-state index >= 15 is 0 Å². The fraction of sp³-hybridized carbons (Fsp3) is 0.346. The molecule has 0 bridgehead atoms. The van der Waals surface area contributed by atoms with Crippen molar-refractivity contribution in [1.82, 2.24) is 9.88 Å². The summed E-state index contributed by atoms with van der Waals surface area (Å²) < 4.78 is 11.5. The fourth-order valence-electron chi connectivity index (χ4n) is 4.15. The molecule has 0 aliphatic carbocycles. The Kier molecular flexibility index (Phi) is 7.51. The van der Waals surface area contributed by atoms with Crippen molar-refractivity contribution >= 4 is 28.2 Å². The highest BCUT2D eigenvalue weighted by atomic mass is 35.5. The van der Waals surface area contributed by atoms with Crippen molar-refractivity contribution in [2.24, 2.45) is 0 Å². The van der Waals surface area contributed by atoms with Crippen molar-refractivity contribution in [3.05, 3.63) is 71.9 Å². The molecular weight excluding hydrogens is 422 g/mol. The normalized spacial score (nSPS) is 14.9. The average Bonchev–Trinajstić information content (AvgIpc) is 2.80. The molecule has 6 heteroatoms. The van der Waals surface area contributed by atoms with Gasteiger partial charge in [0.15, 0.2) is 11.5 Å². The lowest BCUT2D eigenvalue weighted by molar-refractivity contribution is 0.211. The monoisotopic (exact) mass is 451 g/mol. The maximum Gasteiger partial charge on any atom is 0.161 e. The number of halogens is 1. The van der Waals surface area contributed by atoms with Gasteiger partial charge in [-0.1, -0.05) is 30.3 Å². The van der Waals surface area contributed by atoms with Crippen LogP contribution < -0.4 is 14.8 Å². The average molecular weight is 452 g/mol. The number of nitrogens with zero attached hydrogens (tertiary/aromatic N) is 2. The highest BCUT2D eigenvalue weighted by Crippen LogP contribution is 2.30. The summed E-state index contributed by atoms with van der Waals surface area (Å²) in [6.45, 7) is 9.78. The van der Waals surface area contributed by atoms with E-state index in [9.17, 15) is 0 Å². The third kappa shape index (κ3) is 5.53. The number of fused-ring (bicyclic) bond motifs is 1. The highest BCUT2D eigenvalue weighted by molar-refractivity contribution is 6.31. The van der Waals surface area contributed by atoms with E-state index in [1.807, 2.05) is 43.5 Å². The number of hydrogen-bond donors (Lipinski definition) is 1. The van der Waals surface area contributed by atoms with Gasteiger partial charge in [0.25, 0.3) is 0 Å². The number of nitrogens with one attached hydrogen (secondary N) is 1. The van der Waals surface area contributed by atoms with Crippen molar-refractivity contribution in [2.75, 3.05) is 31.6 Å². The minimum atomic E-state index is 0.446. The van der Waals surface area contributed by atoms with Crippen LogP contribution in [0.1, 0.15) is 25.3 Å². The first-order valence-corrected chi connectivity index (χ1v) is 11.6. The second-order valence-corrected chi connectivity index (χ2v) is 8.46. The van der Waals surface area contributed by atoms with E-state index in [1.165, 1.54) is 5.56 Å². The van der Waals surface area contributed by atoms with Gasteiger partial charge in [0.05, 0.1) is 12.1 Å². The van der Waals surface area contributed by atoms with Crippen molar-refractivity contribution in [3.8, 4) is 11.5 Å². The summed E-state index contributed by atoms with van der Waals surface area (Å²) in [4.78, 5) is 6.94. The summed E-state index contributed by atoms with van der Waals surface area (Å²) in [5.41, 5.74) is 3.29. The molecule has 5 nitrogen and oxygen atoms in total. The standard InChI is InChI=1S/C26H30ClN3O2/c1-3-15-32-25-8-5-19(16-26(25)31-4-2)18-30-13-10-21(11-14-30)29-23-9-12-28-24-17-20(27)6-7-22(23)24/h3,5-9,12,16-17,21H,1,4,10-11,13-15,18H2,2H3,(H,28,29). The molecule has 32 heavy (non-hydrogen) atoms. The number of rotatable bonds is 9. The molecule has 2 heterocycles. The Balaban J connectivity index is 1.35. The van der Waals surface area contributed by atoms with Gasteiger partial charge < -0.3 is 14.8 Å². The number of ether oxygens (including phenoxy) is 2. The Bertz CT molecular complexity index is 1060. The third-order valence-corrected chi connectivity index (χ3v) is 5.96. The van der Waals surface area contributed by atoms with Crippen LogP contribution in [0.15, 0.2) is 61.3 Å². The van der Waals surface area contributed by atoms with Crippen molar-refractivity contribution in [3.63, 3.8) is 0 Å². The molecule has 0 amide bonds. The van der Waals surface area contributed by atoms with Gasteiger partial charge in [-0.15, -0.1) is 0 Å². The van der Waals surface area contributed by atoms with Gasteiger partial charge in [-0.2, -0.15) is 0 Å². The summed E-state index contributed by atoms with van der Waals surface area (Å²) in [6.07, 6.45) is 5.77. The largest absolute Gasteiger partial charge is 0.490 e. The Labute approximate surface area is 195 Å². The molecule has 1 N–H and O–H groups in total. The van der Waals surface area contributed by atoms with Crippen LogP contribution in [0.4, 0.5) is 5.69 Å². The number of hydrogen-bond acceptors (Lipinski definition) is 5. The lowest BCUT2D eigenvalue weighted by Gasteiger charge is -2.33. The van der Waals surface area contributed by atoms with Crippen molar-refractivity contribution in [1.29, 1.82) is 0 Å². The quantitative estimate of drug-likeness (QED) is 0.408. The number of pyridine rings is 1. The van der Waals surface area contributed by atoms with Gasteiger partial charge in [-0.05, 0) is 61.7 Å². The molecule has 1 saturated heterocycles. The molecule has 2 aromatic carbocycles. The SMILES string of the molecule is C=CCOc1ccc(CN2CCC(Nc3ccnc4cc(Cl)ccc34)CC2)cc1OCC. The van der Waals surface area contributed by atoms with Gasteiger partial charge in [0, 0.05) is 48.0 Å². The first kappa shape index (κ1) is 22.4. The zero-order valence-corrected chi connectivity index (χ0v) is 19.3. The van der Waals surface area contributed by atoms with Gasteiger partial charge in [0.1, 0.15) is 6.61 Å². The van der Waals surface area contributed by atoms with E-state index in [-0.39, 0.29) is 0 Å². The number of likely N-dealkylation sites (tertiary alicyclic amines) is 1. The molecule has 168 valence electrons. The molecule has 0 spiro atoms. The molecule has 1 aliphatic heterocycles. The molecule has 0 atom stereocenters. The summed E-state index contributed by atoms with van der Waals surface area (Å²) in [7, 11) is 0. The summed E-state index contributed by atoms with van der Waals surface area (Å²) in [5, 5.41) is 5.55. The van der Waals surface area contributed by atoms with Crippen LogP contribution >= 0.6 is 11.6 Å². The zero-order chi connectivity index (χ0) is 22.3. The minimum Gasteiger partial charge on any atom is -0.490 e. The number of aromatic nitrogens is 1. The molecular formula is C26H30ClN3O2. The maximum absolute atomic E-state index is 6.12. The highest BCUT2D eigenvalue weighted by Gasteiger charge is 2.20. The zero-order valence-electron chi connectivity index (χ0n) is 18.5. The maximum atomic E-state index is 6.12. The van der Waals surface area contributed by atoms with E-state index in [0.29, 0.717) is 24.3 Å². The summed E-state index contributed by atoms with van der Waals surface area (Å²) in [6, 6.07) is 14.6. The van der Waals surface area contributed by atoms with Crippen LogP contribution in [0, 0.1) is 0 Å². The van der Waals surface area contributed by atoms with Gasteiger partial charge in [-0.3, -0.25) is 9.88 Å². The summed E-state index contributed by atoms with van der Waals surface area (Å²) in [5.74, 6) is 1.57. The van der Waals surface area contributed by atoms with E-state index in [2.05, 4.69) is 33.9 Å². The Morgan fingerprint density at radius 3 is 2.75 bits per heavy atom. The lowest BCUT2D eigenvalue weighted by atomic mass is 10.0. The van der Waals surface area contributed by atoms with Gasteiger partial charge >= 0.3 is 0 Å². The summed E-state index contributed by atoms with van der Waals surface area (Å²) >= 11 is 6.12. The lowest BCUT2D eigenvalue weighted by Crippen LogP contribution is -2.38. The van der Waals surface area contributed by atoms with E-state index in [4.69, 9.17) is 21.1 Å². The number of benzene rings is 2. The second-order valence-electron chi connectivity index (χ2n) is 8.03.